The number of amides is 1. The lowest BCUT2D eigenvalue weighted by Crippen LogP contribution is -2.41. The van der Waals surface area contributed by atoms with Crippen LogP contribution < -0.4 is 15.9 Å². The molecule has 0 radical (unpaired) electrons. The summed E-state index contributed by atoms with van der Waals surface area (Å²) in [5, 5.41) is 0. The van der Waals surface area contributed by atoms with E-state index in [9.17, 15) is 9.59 Å². The molecule has 0 aromatic heterocycles. The molecule has 0 bridgehead atoms. The molecule has 1 fully saturated rings. The number of carbonyl (C=O) groups excluding carboxylic acids is 2. The molecule has 1 aliphatic heterocycles. The predicted molar refractivity (Wildman–Crippen MR) is 88.2 cm³/mol. The van der Waals surface area contributed by atoms with Crippen molar-refractivity contribution in [3.63, 3.8) is 0 Å². The molecule has 1 saturated heterocycles. The van der Waals surface area contributed by atoms with E-state index in [4.69, 9.17) is 19.8 Å². The van der Waals surface area contributed by atoms with Crippen molar-refractivity contribution in [2.75, 3.05) is 13.7 Å². The summed E-state index contributed by atoms with van der Waals surface area (Å²) in [6, 6.07) is 4.82. The predicted octanol–water partition coefficient (Wildman–Crippen LogP) is 0.636. The number of primary amides is 1. The van der Waals surface area contributed by atoms with Gasteiger partial charge in [0.25, 0.3) is 5.91 Å². The Morgan fingerprint density at radius 1 is 1.17 bits per heavy atom. The number of rotatable bonds is 5. The molecule has 7 nitrogen and oxygen atoms in total. The van der Waals surface area contributed by atoms with Gasteiger partial charge in [0.1, 0.15) is 5.75 Å². The van der Waals surface area contributed by atoms with Crippen molar-refractivity contribution in [2.45, 2.75) is 38.9 Å². The van der Waals surface area contributed by atoms with Crippen LogP contribution in [0, 0.1) is 0 Å². The molecule has 0 atom stereocenters. The van der Waals surface area contributed by atoms with Crippen LogP contribution in [-0.4, -0.2) is 43.9 Å². The van der Waals surface area contributed by atoms with Crippen LogP contribution in [0.4, 0.5) is 0 Å². The normalized spacial score (nSPS) is 18.3. The van der Waals surface area contributed by atoms with Crippen LogP contribution in [0.1, 0.15) is 38.1 Å². The van der Waals surface area contributed by atoms with E-state index in [0.717, 1.165) is 0 Å². The lowest BCUT2D eigenvalue weighted by Gasteiger charge is -2.32. The van der Waals surface area contributed by atoms with Gasteiger partial charge in [0, 0.05) is 0 Å². The van der Waals surface area contributed by atoms with Gasteiger partial charge < -0.3 is 24.5 Å². The van der Waals surface area contributed by atoms with Crippen molar-refractivity contribution in [2.24, 2.45) is 5.73 Å². The van der Waals surface area contributed by atoms with Gasteiger partial charge in [-0.15, -0.1) is 0 Å². The molecule has 8 heteroatoms. The summed E-state index contributed by atoms with van der Waals surface area (Å²) in [5.41, 5.74) is 5.21. The largest absolute Gasteiger partial charge is 0.494 e. The zero-order chi connectivity index (χ0) is 18.1. The van der Waals surface area contributed by atoms with Crippen LogP contribution in [0.2, 0.25) is 0 Å². The minimum absolute atomic E-state index is 0.145. The second-order valence-corrected chi connectivity index (χ2v) is 6.57. The Kier molecular flexibility index (Phi) is 4.91. The minimum Gasteiger partial charge on any atom is -0.481 e. The third kappa shape index (κ3) is 3.54. The molecule has 0 spiro atoms. The number of hydrogen-bond donors (Lipinski definition) is 1. The van der Waals surface area contributed by atoms with Crippen LogP contribution in [-0.2, 0) is 18.8 Å². The SMILES string of the molecule is COC(=O)COc1ccc(B2OC(C)(C)C(C)(C)O2)cc1C(N)=O. The Morgan fingerprint density at radius 2 is 1.75 bits per heavy atom. The summed E-state index contributed by atoms with van der Waals surface area (Å²) in [6.07, 6.45) is 0. The summed E-state index contributed by atoms with van der Waals surface area (Å²) in [7, 11) is 0.630. The first-order valence-corrected chi connectivity index (χ1v) is 7.56. The summed E-state index contributed by atoms with van der Waals surface area (Å²) >= 11 is 0. The highest BCUT2D eigenvalue weighted by Gasteiger charge is 2.51. The van der Waals surface area contributed by atoms with Gasteiger partial charge in [-0.1, -0.05) is 6.07 Å². The maximum atomic E-state index is 11.7. The van der Waals surface area contributed by atoms with Gasteiger partial charge >= 0.3 is 13.1 Å². The van der Waals surface area contributed by atoms with E-state index in [2.05, 4.69) is 4.74 Å². The molecular weight excluding hydrogens is 313 g/mol. The Morgan fingerprint density at radius 3 is 2.25 bits per heavy atom. The van der Waals surface area contributed by atoms with Gasteiger partial charge in [0.05, 0.1) is 23.9 Å². The highest BCUT2D eigenvalue weighted by atomic mass is 16.7. The fourth-order valence-electron chi connectivity index (χ4n) is 2.19. The van der Waals surface area contributed by atoms with Crippen LogP contribution in [0.25, 0.3) is 0 Å². The molecule has 1 aliphatic rings. The molecule has 1 aromatic carbocycles. The van der Waals surface area contributed by atoms with Crippen LogP contribution in [0.5, 0.6) is 5.75 Å². The lowest BCUT2D eigenvalue weighted by atomic mass is 9.78. The highest BCUT2D eigenvalue weighted by molar-refractivity contribution is 6.62. The molecule has 24 heavy (non-hydrogen) atoms. The number of methoxy groups -OCH3 is 1. The van der Waals surface area contributed by atoms with Crippen LogP contribution in [0.15, 0.2) is 18.2 Å². The van der Waals surface area contributed by atoms with Crippen molar-refractivity contribution in [3.05, 3.63) is 23.8 Å². The van der Waals surface area contributed by atoms with E-state index >= 15 is 0 Å². The first kappa shape index (κ1) is 18.3. The van der Waals surface area contributed by atoms with Gasteiger partial charge in [0.2, 0.25) is 0 Å². The number of benzene rings is 1. The second kappa shape index (κ2) is 6.45. The Balaban J connectivity index is 2.26. The zero-order valence-electron chi connectivity index (χ0n) is 14.5. The average Bonchev–Trinajstić information content (AvgIpc) is 2.72. The van der Waals surface area contributed by atoms with Crippen LogP contribution >= 0.6 is 0 Å². The quantitative estimate of drug-likeness (QED) is 0.626. The van der Waals surface area contributed by atoms with Crippen molar-refractivity contribution >= 4 is 24.5 Å². The van der Waals surface area contributed by atoms with E-state index < -0.39 is 30.2 Å². The molecule has 2 rings (SSSR count). The minimum atomic E-state index is -0.673. The number of esters is 1. The van der Waals surface area contributed by atoms with E-state index in [1.54, 1.807) is 18.2 Å². The summed E-state index contributed by atoms with van der Waals surface area (Å²) in [4.78, 5) is 22.9. The highest BCUT2D eigenvalue weighted by Crippen LogP contribution is 2.36. The topological polar surface area (TPSA) is 97.1 Å². The Hall–Kier alpha value is -2.06. The smallest absolute Gasteiger partial charge is 0.481 e. The van der Waals surface area contributed by atoms with Crippen molar-refractivity contribution in [3.8, 4) is 5.75 Å². The van der Waals surface area contributed by atoms with E-state index in [1.807, 2.05) is 27.7 Å². The molecule has 130 valence electrons. The standard InChI is InChI=1S/C16H22BNO6/c1-15(2)16(3,4)24-17(23-15)10-6-7-12(11(8-10)14(18)20)22-9-13(19)21-5/h6-8H,9H2,1-5H3,(H2,18,20). The Bertz CT molecular complexity index is 642. The molecule has 1 amide bonds. The van der Waals surface area contributed by atoms with E-state index in [-0.39, 0.29) is 17.9 Å². The number of ether oxygens (including phenoxy) is 2. The second-order valence-electron chi connectivity index (χ2n) is 6.57. The molecule has 1 heterocycles. The monoisotopic (exact) mass is 335 g/mol. The van der Waals surface area contributed by atoms with Crippen molar-refractivity contribution in [1.82, 2.24) is 0 Å². The van der Waals surface area contributed by atoms with E-state index in [1.165, 1.54) is 7.11 Å². The van der Waals surface area contributed by atoms with Gasteiger partial charge in [-0.2, -0.15) is 0 Å². The van der Waals surface area contributed by atoms with Gasteiger partial charge in [-0.05, 0) is 45.3 Å². The lowest BCUT2D eigenvalue weighted by molar-refractivity contribution is -0.142. The van der Waals surface area contributed by atoms with Crippen LogP contribution in [0.3, 0.4) is 0 Å². The number of hydrogen-bond acceptors (Lipinski definition) is 6. The van der Waals surface area contributed by atoms with Crippen molar-refractivity contribution in [1.29, 1.82) is 0 Å². The van der Waals surface area contributed by atoms with Crippen molar-refractivity contribution < 1.29 is 28.4 Å². The fraction of sp³-hybridized carbons (Fsp3) is 0.500. The zero-order valence-corrected chi connectivity index (χ0v) is 14.5. The first-order chi connectivity index (χ1) is 11.1. The van der Waals surface area contributed by atoms with Gasteiger partial charge in [0.15, 0.2) is 6.61 Å². The number of nitrogens with two attached hydrogens (primary N) is 1. The third-order valence-corrected chi connectivity index (χ3v) is 4.37. The molecule has 0 aliphatic carbocycles. The molecule has 1 aromatic rings. The average molecular weight is 335 g/mol. The molecule has 0 unspecified atom stereocenters. The fourth-order valence-corrected chi connectivity index (χ4v) is 2.19. The van der Waals surface area contributed by atoms with E-state index in [0.29, 0.717) is 5.46 Å². The summed E-state index contributed by atoms with van der Waals surface area (Å²) < 4.78 is 21.7. The summed E-state index contributed by atoms with van der Waals surface area (Å²) in [6.45, 7) is 7.45. The van der Waals surface area contributed by atoms with Gasteiger partial charge in [-0.25, -0.2) is 4.79 Å². The molecular formula is C16H22BNO6. The molecule has 0 saturated carbocycles. The first-order valence-electron chi connectivity index (χ1n) is 7.56. The number of carbonyl (C=O) groups is 2. The maximum Gasteiger partial charge on any atom is 0.494 e. The molecule has 2 N–H and O–H groups in total. The Labute approximate surface area is 141 Å². The van der Waals surface area contributed by atoms with Gasteiger partial charge in [-0.3, -0.25) is 4.79 Å². The third-order valence-electron chi connectivity index (χ3n) is 4.37. The maximum absolute atomic E-state index is 11.7. The summed E-state index contributed by atoms with van der Waals surface area (Å²) in [5.74, 6) is -1.03.